The Morgan fingerprint density at radius 1 is 1.00 bits per heavy atom. The standard InChI is InChI=1S/C23H28O5S/c1-2-3-14-4-6-15(7-5-14)10-16-8-9-17-13-28-23(18(17)11-16)22(27)21(26)20(25)19(12-24)29-23/h4-9,11,19-22,24-27H,2-3,10,12-13H2,1H3/t19-,20-,21+,22-,23+/m1/s1. The molecule has 0 bridgehead atoms. The first-order valence-electron chi connectivity index (χ1n) is 10.2. The van der Waals surface area contributed by atoms with Crippen LogP contribution in [0.4, 0.5) is 0 Å². The van der Waals surface area contributed by atoms with Gasteiger partial charge in [0.15, 0.2) is 4.93 Å². The van der Waals surface area contributed by atoms with Crippen molar-refractivity contribution in [1.29, 1.82) is 0 Å². The van der Waals surface area contributed by atoms with Crippen molar-refractivity contribution in [3.05, 3.63) is 70.3 Å². The molecule has 2 aliphatic heterocycles. The number of aryl methyl sites for hydroxylation is 1. The normalized spacial score (nSPS) is 31.2. The van der Waals surface area contributed by atoms with Crippen LogP contribution in [0.3, 0.4) is 0 Å². The molecule has 2 aliphatic rings. The van der Waals surface area contributed by atoms with Gasteiger partial charge in [-0.3, -0.25) is 0 Å². The lowest BCUT2D eigenvalue weighted by Crippen LogP contribution is -2.58. The molecule has 4 N–H and O–H groups in total. The molecule has 2 aromatic carbocycles. The van der Waals surface area contributed by atoms with Crippen LogP contribution in [0.2, 0.25) is 0 Å². The van der Waals surface area contributed by atoms with Crippen molar-refractivity contribution in [2.45, 2.75) is 61.3 Å². The van der Waals surface area contributed by atoms with Gasteiger partial charge < -0.3 is 25.2 Å². The Morgan fingerprint density at radius 2 is 1.69 bits per heavy atom. The van der Waals surface area contributed by atoms with E-state index in [0.29, 0.717) is 6.61 Å². The summed E-state index contributed by atoms with van der Waals surface area (Å²) in [5.41, 5.74) is 5.41. The summed E-state index contributed by atoms with van der Waals surface area (Å²) in [5, 5.41) is 40.3. The van der Waals surface area contributed by atoms with Crippen molar-refractivity contribution in [2.24, 2.45) is 0 Å². The maximum absolute atomic E-state index is 10.8. The fraction of sp³-hybridized carbons (Fsp3) is 0.478. The number of thioether (sulfide) groups is 1. The quantitative estimate of drug-likeness (QED) is 0.597. The maximum Gasteiger partial charge on any atom is 0.168 e. The summed E-state index contributed by atoms with van der Waals surface area (Å²) in [7, 11) is 0. The van der Waals surface area contributed by atoms with Gasteiger partial charge in [0.25, 0.3) is 0 Å². The first-order valence-corrected chi connectivity index (χ1v) is 11.0. The van der Waals surface area contributed by atoms with E-state index in [2.05, 4.69) is 37.3 Å². The molecule has 1 saturated heterocycles. The van der Waals surface area contributed by atoms with Gasteiger partial charge >= 0.3 is 0 Å². The average molecular weight is 417 g/mol. The first kappa shape index (κ1) is 20.8. The molecule has 1 spiro atoms. The van der Waals surface area contributed by atoms with Crippen LogP contribution in [0, 0.1) is 0 Å². The second-order valence-electron chi connectivity index (χ2n) is 7.96. The predicted molar refractivity (Wildman–Crippen MR) is 113 cm³/mol. The van der Waals surface area contributed by atoms with Crippen LogP contribution in [0.1, 0.15) is 41.2 Å². The zero-order valence-corrected chi connectivity index (χ0v) is 17.3. The van der Waals surface area contributed by atoms with Crippen molar-refractivity contribution in [3.8, 4) is 0 Å². The van der Waals surface area contributed by atoms with Crippen molar-refractivity contribution in [2.75, 3.05) is 6.61 Å². The number of aliphatic hydroxyl groups is 4. The fourth-order valence-electron chi connectivity index (χ4n) is 4.28. The number of fused-ring (bicyclic) bond motifs is 2. The maximum atomic E-state index is 10.8. The van der Waals surface area contributed by atoms with Gasteiger partial charge in [0.05, 0.1) is 24.6 Å². The van der Waals surface area contributed by atoms with Gasteiger partial charge in [0, 0.05) is 5.56 Å². The summed E-state index contributed by atoms with van der Waals surface area (Å²) >= 11 is 1.19. The summed E-state index contributed by atoms with van der Waals surface area (Å²) in [6, 6.07) is 14.7. The molecular formula is C23H28O5S. The Balaban J connectivity index is 1.62. The van der Waals surface area contributed by atoms with Crippen molar-refractivity contribution in [3.63, 3.8) is 0 Å². The van der Waals surface area contributed by atoms with Crippen LogP contribution in [0.15, 0.2) is 42.5 Å². The number of rotatable bonds is 5. The lowest BCUT2D eigenvalue weighted by Gasteiger charge is -2.45. The monoisotopic (exact) mass is 416 g/mol. The van der Waals surface area contributed by atoms with E-state index in [1.165, 1.54) is 22.9 Å². The van der Waals surface area contributed by atoms with Crippen LogP contribution in [-0.4, -0.2) is 50.6 Å². The number of hydrogen-bond donors (Lipinski definition) is 4. The van der Waals surface area contributed by atoms with E-state index < -0.39 is 28.5 Å². The minimum atomic E-state index is -1.38. The number of hydrogen-bond acceptors (Lipinski definition) is 6. The zero-order valence-electron chi connectivity index (χ0n) is 16.5. The third-order valence-corrected chi connectivity index (χ3v) is 7.57. The van der Waals surface area contributed by atoms with Gasteiger partial charge in [-0.2, -0.15) is 0 Å². The fourth-order valence-corrected chi connectivity index (χ4v) is 5.83. The Labute approximate surface area is 175 Å². The molecule has 0 aromatic heterocycles. The van der Waals surface area contributed by atoms with Crippen LogP contribution in [0.5, 0.6) is 0 Å². The van der Waals surface area contributed by atoms with Gasteiger partial charge in [0.1, 0.15) is 12.2 Å². The minimum absolute atomic E-state index is 0.306. The van der Waals surface area contributed by atoms with E-state index in [1.54, 1.807) is 0 Å². The Hall–Kier alpha value is -1.41. The van der Waals surface area contributed by atoms with Gasteiger partial charge in [-0.05, 0) is 35.1 Å². The van der Waals surface area contributed by atoms with Crippen molar-refractivity contribution < 1.29 is 25.2 Å². The highest BCUT2D eigenvalue weighted by Crippen LogP contribution is 2.54. The van der Waals surface area contributed by atoms with E-state index in [1.807, 2.05) is 12.1 Å². The molecule has 1 fully saturated rings. The third-order valence-electron chi connectivity index (χ3n) is 5.91. The van der Waals surface area contributed by atoms with Crippen molar-refractivity contribution in [1.82, 2.24) is 0 Å². The SMILES string of the molecule is CCCc1ccc(Cc2ccc3c(c2)[C@]2(OC3)S[C@H](CO)[C@@H](O)[C@H](O)[C@H]2O)cc1. The third kappa shape index (κ3) is 3.74. The Kier molecular flexibility index (Phi) is 6.02. The molecular weight excluding hydrogens is 388 g/mol. The van der Waals surface area contributed by atoms with Crippen LogP contribution in [-0.2, 0) is 29.1 Å². The molecule has 2 aromatic rings. The van der Waals surface area contributed by atoms with Gasteiger partial charge in [-0.25, -0.2) is 0 Å². The predicted octanol–water partition coefficient (Wildman–Crippen LogP) is 2.10. The summed E-state index contributed by atoms with van der Waals surface area (Å²) in [5.74, 6) is 0. The van der Waals surface area contributed by atoms with E-state index in [4.69, 9.17) is 4.74 Å². The minimum Gasteiger partial charge on any atom is -0.395 e. The van der Waals surface area contributed by atoms with E-state index in [9.17, 15) is 20.4 Å². The molecule has 156 valence electrons. The average Bonchev–Trinajstić information content (AvgIpc) is 3.09. The number of aliphatic hydroxyl groups excluding tert-OH is 4. The molecule has 5 atom stereocenters. The number of benzene rings is 2. The molecule has 6 heteroatoms. The largest absolute Gasteiger partial charge is 0.395 e. The van der Waals surface area contributed by atoms with Crippen LogP contribution < -0.4 is 0 Å². The molecule has 0 aliphatic carbocycles. The molecule has 2 heterocycles. The number of ether oxygens (including phenoxy) is 1. The summed E-state index contributed by atoms with van der Waals surface area (Å²) in [6.45, 7) is 2.19. The van der Waals surface area contributed by atoms with Gasteiger partial charge in [-0.1, -0.05) is 55.8 Å². The molecule has 0 radical (unpaired) electrons. The first-order chi connectivity index (χ1) is 14.0. The van der Waals surface area contributed by atoms with E-state index >= 15 is 0 Å². The topological polar surface area (TPSA) is 90.2 Å². The van der Waals surface area contributed by atoms with Crippen LogP contribution in [0.25, 0.3) is 0 Å². The zero-order chi connectivity index (χ0) is 20.6. The van der Waals surface area contributed by atoms with E-state index in [-0.39, 0.29) is 6.61 Å². The van der Waals surface area contributed by atoms with Crippen LogP contribution >= 0.6 is 11.8 Å². The summed E-state index contributed by atoms with van der Waals surface area (Å²) < 4.78 is 5.99. The molecule has 0 amide bonds. The van der Waals surface area contributed by atoms with Gasteiger partial charge in [0.2, 0.25) is 0 Å². The lowest BCUT2D eigenvalue weighted by atomic mass is 9.91. The molecule has 5 nitrogen and oxygen atoms in total. The Morgan fingerprint density at radius 3 is 2.38 bits per heavy atom. The lowest BCUT2D eigenvalue weighted by molar-refractivity contribution is -0.147. The molecule has 29 heavy (non-hydrogen) atoms. The summed E-state index contributed by atoms with van der Waals surface area (Å²) in [6.07, 6.45) is -0.909. The highest BCUT2D eigenvalue weighted by molar-refractivity contribution is 8.00. The highest BCUT2D eigenvalue weighted by atomic mass is 32.2. The second kappa shape index (κ2) is 8.38. The summed E-state index contributed by atoms with van der Waals surface area (Å²) in [4.78, 5) is -1.18. The van der Waals surface area contributed by atoms with Gasteiger partial charge in [-0.15, -0.1) is 11.8 Å². The molecule has 0 unspecified atom stereocenters. The Bertz CT molecular complexity index is 853. The molecule has 0 saturated carbocycles. The highest BCUT2D eigenvalue weighted by Gasteiger charge is 2.57. The smallest absolute Gasteiger partial charge is 0.168 e. The van der Waals surface area contributed by atoms with Crippen molar-refractivity contribution >= 4 is 11.8 Å². The van der Waals surface area contributed by atoms with E-state index in [0.717, 1.165) is 36.0 Å². The second-order valence-corrected chi connectivity index (χ2v) is 9.40. The molecule has 4 rings (SSSR count).